The van der Waals surface area contributed by atoms with Crippen molar-refractivity contribution >= 4 is 23.6 Å². The molecule has 0 bridgehead atoms. The number of hydrogen-bond donors (Lipinski definition) is 1. The number of likely N-dealkylation sites (tertiary alicyclic amines) is 2. The van der Waals surface area contributed by atoms with Gasteiger partial charge in [-0.2, -0.15) is 0 Å². The van der Waals surface area contributed by atoms with Crippen LogP contribution in [0.4, 0.5) is 10.5 Å². The van der Waals surface area contributed by atoms with Crippen LogP contribution in [0.3, 0.4) is 0 Å². The Balaban J connectivity index is 1.50. The number of carbonyl (C=O) groups excluding carboxylic acids is 3. The summed E-state index contributed by atoms with van der Waals surface area (Å²) < 4.78 is 10.0. The second kappa shape index (κ2) is 11.2. The van der Waals surface area contributed by atoms with Crippen molar-refractivity contribution in [2.75, 3.05) is 45.7 Å². The lowest BCUT2D eigenvalue weighted by atomic mass is 9.81. The average Bonchev–Trinajstić information content (AvgIpc) is 2.83. The number of methoxy groups -OCH3 is 2. The largest absolute Gasteiger partial charge is 0.497 e. The van der Waals surface area contributed by atoms with Crippen LogP contribution in [0.25, 0.3) is 0 Å². The fourth-order valence-electron chi connectivity index (χ4n) is 4.78. The Morgan fingerprint density at radius 2 is 1.75 bits per heavy atom. The van der Waals surface area contributed by atoms with Gasteiger partial charge in [0.15, 0.2) is 0 Å². The summed E-state index contributed by atoms with van der Waals surface area (Å²) in [5, 5.41) is 2.95. The Bertz CT molecular complexity index is 807. The van der Waals surface area contributed by atoms with E-state index in [0.29, 0.717) is 56.9 Å². The van der Waals surface area contributed by atoms with E-state index in [1.54, 1.807) is 13.2 Å². The minimum atomic E-state index is -0.178. The summed E-state index contributed by atoms with van der Waals surface area (Å²) in [4.78, 5) is 41.1. The van der Waals surface area contributed by atoms with Crippen molar-refractivity contribution in [3.05, 3.63) is 24.3 Å². The molecule has 0 aromatic heterocycles. The van der Waals surface area contributed by atoms with Crippen molar-refractivity contribution in [2.45, 2.75) is 39.0 Å². The van der Waals surface area contributed by atoms with Crippen LogP contribution in [-0.4, -0.2) is 68.1 Å². The van der Waals surface area contributed by atoms with Crippen molar-refractivity contribution in [1.82, 2.24) is 9.80 Å². The molecule has 2 heterocycles. The third kappa shape index (κ3) is 5.93. The van der Waals surface area contributed by atoms with E-state index in [1.165, 1.54) is 7.11 Å². The van der Waals surface area contributed by atoms with E-state index in [0.717, 1.165) is 12.8 Å². The Labute approximate surface area is 190 Å². The number of urea groups is 1. The average molecular weight is 446 g/mol. The summed E-state index contributed by atoms with van der Waals surface area (Å²) >= 11 is 0. The number of nitrogens with one attached hydrogen (secondary N) is 1. The highest BCUT2D eigenvalue weighted by Crippen LogP contribution is 2.31. The molecule has 0 aliphatic carbocycles. The van der Waals surface area contributed by atoms with Crippen LogP contribution in [-0.2, 0) is 14.3 Å². The molecule has 2 aliphatic rings. The minimum Gasteiger partial charge on any atom is -0.497 e. The number of carbonyl (C=O) groups is 3. The fraction of sp³-hybridized carbons (Fsp3) is 0.625. The molecule has 176 valence electrons. The molecule has 2 aliphatic heterocycles. The monoisotopic (exact) mass is 445 g/mol. The van der Waals surface area contributed by atoms with Gasteiger partial charge in [0, 0.05) is 44.4 Å². The maximum Gasteiger partial charge on any atom is 0.321 e. The van der Waals surface area contributed by atoms with Gasteiger partial charge in [-0.25, -0.2) is 4.79 Å². The van der Waals surface area contributed by atoms with Crippen molar-refractivity contribution < 1.29 is 23.9 Å². The summed E-state index contributed by atoms with van der Waals surface area (Å²) in [6.45, 7) is 4.62. The molecule has 32 heavy (non-hydrogen) atoms. The number of esters is 1. The van der Waals surface area contributed by atoms with Crippen LogP contribution in [0.2, 0.25) is 0 Å². The zero-order valence-electron chi connectivity index (χ0n) is 19.3. The Morgan fingerprint density at radius 3 is 2.41 bits per heavy atom. The quantitative estimate of drug-likeness (QED) is 0.678. The van der Waals surface area contributed by atoms with Crippen LogP contribution in [0.15, 0.2) is 24.3 Å². The fourth-order valence-corrected chi connectivity index (χ4v) is 4.78. The lowest BCUT2D eigenvalue weighted by molar-refractivity contribution is -0.149. The van der Waals surface area contributed by atoms with Crippen LogP contribution >= 0.6 is 0 Å². The first kappa shape index (κ1) is 23.9. The lowest BCUT2D eigenvalue weighted by Crippen LogP contribution is -2.47. The Morgan fingerprint density at radius 1 is 1.03 bits per heavy atom. The molecule has 8 heteroatoms. The third-order valence-electron chi connectivity index (χ3n) is 6.84. The van der Waals surface area contributed by atoms with E-state index >= 15 is 0 Å². The number of rotatable bonds is 6. The van der Waals surface area contributed by atoms with Crippen LogP contribution < -0.4 is 10.1 Å². The SMILES string of the molecule is CCC1CN(C(=O)Nc2cccc(OC)c2)CCC1CC(=O)N1CCC(C(=O)OC)CC1. The number of hydrogen-bond acceptors (Lipinski definition) is 5. The second-order valence-electron chi connectivity index (χ2n) is 8.71. The Hall–Kier alpha value is -2.77. The third-order valence-corrected chi connectivity index (χ3v) is 6.84. The number of nitrogens with zero attached hydrogens (tertiary/aromatic N) is 2. The maximum atomic E-state index is 12.9. The van der Waals surface area contributed by atoms with E-state index in [-0.39, 0.29) is 35.7 Å². The highest BCUT2D eigenvalue weighted by Gasteiger charge is 2.34. The number of amides is 3. The number of ether oxygens (including phenoxy) is 2. The van der Waals surface area contributed by atoms with Gasteiger partial charge in [-0.1, -0.05) is 19.4 Å². The zero-order chi connectivity index (χ0) is 23.1. The molecule has 1 aromatic carbocycles. The van der Waals surface area contributed by atoms with Gasteiger partial charge in [0.25, 0.3) is 0 Å². The first-order chi connectivity index (χ1) is 15.4. The molecule has 0 spiro atoms. The normalized spacial score (nSPS) is 21.7. The highest BCUT2D eigenvalue weighted by atomic mass is 16.5. The summed E-state index contributed by atoms with van der Waals surface area (Å²) in [5.41, 5.74) is 0.704. The zero-order valence-corrected chi connectivity index (χ0v) is 19.3. The lowest BCUT2D eigenvalue weighted by Gasteiger charge is -2.39. The first-order valence-corrected chi connectivity index (χ1v) is 11.5. The molecular formula is C24H35N3O5. The smallest absolute Gasteiger partial charge is 0.321 e. The number of piperidine rings is 2. The van der Waals surface area contributed by atoms with Gasteiger partial charge in [-0.05, 0) is 43.2 Å². The standard InChI is InChI=1S/C24H35N3O5/c1-4-17-16-27(24(30)25-20-6-5-7-21(15-20)31-2)13-10-19(17)14-22(28)26-11-8-18(9-12-26)23(29)32-3/h5-7,15,17-19H,4,8-14,16H2,1-3H3,(H,25,30). The van der Waals surface area contributed by atoms with E-state index in [9.17, 15) is 14.4 Å². The van der Waals surface area contributed by atoms with Crippen molar-refractivity contribution in [1.29, 1.82) is 0 Å². The second-order valence-corrected chi connectivity index (χ2v) is 8.71. The van der Waals surface area contributed by atoms with Crippen molar-refractivity contribution in [3.8, 4) is 5.75 Å². The molecule has 2 unspecified atom stereocenters. The summed E-state index contributed by atoms with van der Waals surface area (Å²) in [7, 11) is 3.01. The van der Waals surface area contributed by atoms with Crippen molar-refractivity contribution in [2.24, 2.45) is 17.8 Å². The predicted octanol–water partition coefficient (Wildman–Crippen LogP) is 3.38. The molecule has 2 saturated heterocycles. The molecular weight excluding hydrogens is 410 g/mol. The van der Waals surface area contributed by atoms with Gasteiger partial charge in [-0.3, -0.25) is 9.59 Å². The molecule has 2 atom stereocenters. The van der Waals surface area contributed by atoms with Gasteiger partial charge in [0.2, 0.25) is 5.91 Å². The Kier molecular flexibility index (Phi) is 8.36. The highest BCUT2D eigenvalue weighted by molar-refractivity contribution is 5.89. The van der Waals surface area contributed by atoms with Gasteiger partial charge in [0.05, 0.1) is 20.1 Å². The summed E-state index contributed by atoms with van der Waals surface area (Å²) in [5.74, 6) is 1.14. The molecule has 2 fully saturated rings. The summed E-state index contributed by atoms with van der Waals surface area (Å²) in [6, 6.07) is 7.20. The maximum absolute atomic E-state index is 12.9. The van der Waals surface area contributed by atoms with Crippen molar-refractivity contribution in [3.63, 3.8) is 0 Å². The van der Waals surface area contributed by atoms with E-state index in [1.807, 2.05) is 28.0 Å². The van der Waals surface area contributed by atoms with Crippen LogP contribution in [0.5, 0.6) is 5.75 Å². The molecule has 3 rings (SSSR count). The van der Waals surface area contributed by atoms with E-state index < -0.39 is 0 Å². The predicted molar refractivity (Wildman–Crippen MR) is 121 cm³/mol. The topological polar surface area (TPSA) is 88.2 Å². The number of anilines is 1. The van der Waals surface area contributed by atoms with Crippen LogP contribution in [0.1, 0.15) is 39.0 Å². The number of benzene rings is 1. The summed E-state index contributed by atoms with van der Waals surface area (Å²) in [6.07, 6.45) is 3.57. The van der Waals surface area contributed by atoms with Gasteiger partial charge in [0.1, 0.15) is 5.75 Å². The molecule has 1 aromatic rings. The van der Waals surface area contributed by atoms with Gasteiger partial charge >= 0.3 is 12.0 Å². The molecule has 0 saturated carbocycles. The molecule has 1 N–H and O–H groups in total. The first-order valence-electron chi connectivity index (χ1n) is 11.5. The molecule has 8 nitrogen and oxygen atoms in total. The van der Waals surface area contributed by atoms with E-state index in [2.05, 4.69) is 12.2 Å². The minimum absolute atomic E-state index is 0.0984. The van der Waals surface area contributed by atoms with Gasteiger partial charge < -0.3 is 24.6 Å². The van der Waals surface area contributed by atoms with E-state index in [4.69, 9.17) is 9.47 Å². The molecule has 3 amide bonds. The molecule has 0 radical (unpaired) electrons. The van der Waals surface area contributed by atoms with Crippen LogP contribution in [0, 0.1) is 17.8 Å². The van der Waals surface area contributed by atoms with Gasteiger partial charge in [-0.15, -0.1) is 0 Å².